The van der Waals surface area contributed by atoms with Crippen LogP contribution in [-0.2, 0) is 19.1 Å². The summed E-state index contributed by atoms with van der Waals surface area (Å²) >= 11 is 0. The Labute approximate surface area is 89.0 Å². The lowest BCUT2D eigenvalue weighted by Crippen LogP contribution is -2.37. The summed E-state index contributed by atoms with van der Waals surface area (Å²) in [6, 6.07) is 0. The van der Waals surface area contributed by atoms with Crippen molar-refractivity contribution in [1.29, 1.82) is 0 Å². The van der Waals surface area contributed by atoms with Gasteiger partial charge in [0.1, 0.15) is 5.78 Å². The number of hydrogen-bond donors (Lipinski definition) is 0. The molecule has 0 bridgehead atoms. The van der Waals surface area contributed by atoms with Crippen molar-refractivity contribution in [2.24, 2.45) is 11.8 Å². The van der Waals surface area contributed by atoms with Gasteiger partial charge in [0.05, 0.1) is 12.5 Å². The second-order valence-corrected chi connectivity index (χ2v) is 3.87. The molecule has 0 radical (unpaired) electrons. The van der Waals surface area contributed by atoms with Crippen molar-refractivity contribution in [3.05, 3.63) is 0 Å². The van der Waals surface area contributed by atoms with Crippen molar-refractivity contribution in [1.82, 2.24) is 0 Å². The molecule has 0 aliphatic heterocycles. The molecule has 0 N–H and O–H groups in total. The van der Waals surface area contributed by atoms with Crippen molar-refractivity contribution in [2.75, 3.05) is 6.61 Å². The standard InChI is InChI=1S/C11H16O4/c1-3-15-11(14)10(13)8-6-4-5-7(2)9(8)12/h7-8H,3-6H2,1-2H3. The molecule has 0 spiro atoms. The van der Waals surface area contributed by atoms with Crippen molar-refractivity contribution < 1.29 is 19.1 Å². The van der Waals surface area contributed by atoms with Gasteiger partial charge in [0.15, 0.2) is 0 Å². The van der Waals surface area contributed by atoms with Gasteiger partial charge in [0, 0.05) is 5.92 Å². The highest BCUT2D eigenvalue weighted by molar-refractivity contribution is 6.38. The molecule has 2 atom stereocenters. The summed E-state index contributed by atoms with van der Waals surface area (Å²) in [6.07, 6.45) is 2.12. The van der Waals surface area contributed by atoms with E-state index in [0.717, 1.165) is 12.8 Å². The van der Waals surface area contributed by atoms with Gasteiger partial charge in [-0.05, 0) is 19.8 Å². The maximum atomic E-state index is 11.6. The number of ether oxygens (including phenoxy) is 1. The highest BCUT2D eigenvalue weighted by Crippen LogP contribution is 2.26. The van der Waals surface area contributed by atoms with E-state index >= 15 is 0 Å². The molecule has 0 aromatic heterocycles. The summed E-state index contributed by atoms with van der Waals surface area (Å²) in [5.41, 5.74) is 0. The highest BCUT2D eigenvalue weighted by Gasteiger charge is 2.37. The average molecular weight is 212 g/mol. The van der Waals surface area contributed by atoms with Gasteiger partial charge in [-0.2, -0.15) is 0 Å². The zero-order chi connectivity index (χ0) is 11.4. The maximum absolute atomic E-state index is 11.6. The third kappa shape index (κ3) is 2.64. The summed E-state index contributed by atoms with van der Waals surface area (Å²) in [4.78, 5) is 34.4. The predicted octanol–water partition coefficient (Wildman–Crippen LogP) is 1.12. The topological polar surface area (TPSA) is 60.4 Å². The summed E-state index contributed by atoms with van der Waals surface area (Å²) in [5.74, 6) is -2.52. The second kappa shape index (κ2) is 5.05. The van der Waals surface area contributed by atoms with Gasteiger partial charge in [0.2, 0.25) is 5.78 Å². The Balaban J connectivity index is 2.66. The molecule has 1 aliphatic rings. The molecule has 0 amide bonds. The fraction of sp³-hybridized carbons (Fsp3) is 0.727. The first kappa shape index (κ1) is 11.9. The van der Waals surface area contributed by atoms with Crippen molar-refractivity contribution in [2.45, 2.75) is 33.1 Å². The molecule has 1 rings (SSSR count). The lowest BCUT2D eigenvalue weighted by molar-refractivity contribution is -0.157. The number of Topliss-reactive ketones (excluding diaryl/α,β-unsaturated/α-hetero) is 2. The average Bonchev–Trinajstić information content (AvgIpc) is 2.21. The van der Waals surface area contributed by atoms with E-state index in [1.807, 2.05) is 0 Å². The first-order valence-corrected chi connectivity index (χ1v) is 5.32. The largest absolute Gasteiger partial charge is 0.460 e. The van der Waals surface area contributed by atoms with E-state index in [1.165, 1.54) is 0 Å². The predicted molar refractivity (Wildman–Crippen MR) is 53.2 cm³/mol. The second-order valence-electron chi connectivity index (χ2n) is 3.87. The molecule has 2 unspecified atom stereocenters. The smallest absolute Gasteiger partial charge is 0.375 e. The van der Waals surface area contributed by atoms with Gasteiger partial charge < -0.3 is 4.74 Å². The molecule has 0 aromatic carbocycles. The van der Waals surface area contributed by atoms with Crippen LogP contribution in [0.5, 0.6) is 0 Å². The zero-order valence-electron chi connectivity index (χ0n) is 9.12. The molecule has 1 saturated carbocycles. The number of rotatable bonds is 3. The molecule has 1 aliphatic carbocycles. The van der Waals surface area contributed by atoms with Crippen LogP contribution in [-0.4, -0.2) is 24.1 Å². The lowest BCUT2D eigenvalue weighted by Gasteiger charge is -2.23. The maximum Gasteiger partial charge on any atom is 0.375 e. The Morgan fingerprint density at radius 1 is 1.40 bits per heavy atom. The van der Waals surface area contributed by atoms with E-state index in [4.69, 9.17) is 0 Å². The Morgan fingerprint density at radius 3 is 2.67 bits per heavy atom. The third-order valence-electron chi connectivity index (χ3n) is 2.75. The Morgan fingerprint density at radius 2 is 2.07 bits per heavy atom. The number of carbonyl (C=O) groups excluding carboxylic acids is 3. The summed E-state index contributed by atoms with van der Waals surface area (Å²) in [7, 11) is 0. The molecule has 4 nitrogen and oxygen atoms in total. The van der Waals surface area contributed by atoms with Gasteiger partial charge in [-0.3, -0.25) is 9.59 Å². The lowest BCUT2D eigenvalue weighted by atomic mass is 9.79. The number of esters is 1. The minimum Gasteiger partial charge on any atom is -0.460 e. The highest BCUT2D eigenvalue weighted by atomic mass is 16.5. The van der Waals surface area contributed by atoms with Crippen LogP contribution < -0.4 is 0 Å². The van der Waals surface area contributed by atoms with Crippen molar-refractivity contribution >= 4 is 17.5 Å². The summed E-state index contributed by atoms with van der Waals surface area (Å²) < 4.78 is 4.60. The van der Waals surface area contributed by atoms with Crippen LogP contribution in [0.3, 0.4) is 0 Å². The fourth-order valence-corrected chi connectivity index (χ4v) is 1.86. The van der Waals surface area contributed by atoms with Gasteiger partial charge in [-0.25, -0.2) is 4.79 Å². The van der Waals surface area contributed by atoms with Crippen LogP contribution in [0.25, 0.3) is 0 Å². The molecular formula is C11H16O4. The molecule has 4 heteroatoms. The van der Waals surface area contributed by atoms with E-state index in [0.29, 0.717) is 6.42 Å². The first-order valence-electron chi connectivity index (χ1n) is 5.32. The molecular weight excluding hydrogens is 196 g/mol. The van der Waals surface area contributed by atoms with E-state index in [-0.39, 0.29) is 18.3 Å². The van der Waals surface area contributed by atoms with E-state index in [9.17, 15) is 14.4 Å². The Bertz CT molecular complexity index is 282. The quantitative estimate of drug-likeness (QED) is 0.399. The van der Waals surface area contributed by atoms with Crippen LogP contribution in [0.4, 0.5) is 0 Å². The van der Waals surface area contributed by atoms with Crippen LogP contribution in [0, 0.1) is 11.8 Å². The Kier molecular flexibility index (Phi) is 4.00. The number of hydrogen-bond acceptors (Lipinski definition) is 4. The van der Waals surface area contributed by atoms with E-state index in [1.54, 1.807) is 13.8 Å². The van der Waals surface area contributed by atoms with Crippen molar-refractivity contribution in [3.63, 3.8) is 0 Å². The normalized spacial score (nSPS) is 26.1. The van der Waals surface area contributed by atoms with Gasteiger partial charge in [-0.1, -0.05) is 13.3 Å². The van der Waals surface area contributed by atoms with Crippen LogP contribution >= 0.6 is 0 Å². The number of ketones is 2. The number of carbonyl (C=O) groups is 3. The first-order chi connectivity index (χ1) is 7.07. The monoisotopic (exact) mass is 212 g/mol. The third-order valence-corrected chi connectivity index (χ3v) is 2.75. The minimum atomic E-state index is -0.870. The molecule has 0 heterocycles. The van der Waals surface area contributed by atoms with Crippen LogP contribution in [0.15, 0.2) is 0 Å². The van der Waals surface area contributed by atoms with Crippen molar-refractivity contribution in [3.8, 4) is 0 Å². The molecule has 0 aromatic rings. The van der Waals surface area contributed by atoms with Crippen LogP contribution in [0.2, 0.25) is 0 Å². The SMILES string of the molecule is CCOC(=O)C(=O)C1CCCC(C)C1=O. The molecule has 15 heavy (non-hydrogen) atoms. The molecule has 0 saturated heterocycles. The van der Waals surface area contributed by atoms with Gasteiger partial charge in [0.25, 0.3) is 0 Å². The summed E-state index contributed by atoms with van der Waals surface area (Å²) in [5, 5.41) is 0. The molecule has 1 fully saturated rings. The Hall–Kier alpha value is -1.19. The van der Waals surface area contributed by atoms with Gasteiger partial charge in [-0.15, -0.1) is 0 Å². The minimum absolute atomic E-state index is 0.109. The van der Waals surface area contributed by atoms with Crippen LogP contribution in [0.1, 0.15) is 33.1 Å². The van der Waals surface area contributed by atoms with Gasteiger partial charge >= 0.3 is 5.97 Å². The molecule has 84 valence electrons. The zero-order valence-corrected chi connectivity index (χ0v) is 9.12. The van der Waals surface area contributed by atoms with E-state index < -0.39 is 17.7 Å². The summed E-state index contributed by atoms with van der Waals surface area (Å²) in [6.45, 7) is 3.60. The van der Waals surface area contributed by atoms with E-state index in [2.05, 4.69) is 4.74 Å². The fourth-order valence-electron chi connectivity index (χ4n) is 1.86.